The number of benzene rings is 1. The number of halogens is 1. The number of hydrogen-bond donors (Lipinski definition) is 1. The minimum Gasteiger partial charge on any atom is -0.326 e. The molecule has 0 radical (unpaired) electrons. The standard InChI is InChI=1S/C14H17ClN2O3/c1-9-7-13(17(19)20)11(15)8-12(9)16-14(18)10-5-3-2-4-6-10/h7-8,10H,2-6H2,1H3,(H,16,18). The maximum Gasteiger partial charge on any atom is 0.288 e. The van der Waals surface area contributed by atoms with Crippen molar-refractivity contribution in [3.63, 3.8) is 0 Å². The lowest BCUT2D eigenvalue weighted by atomic mass is 9.88. The molecule has 108 valence electrons. The van der Waals surface area contributed by atoms with E-state index in [2.05, 4.69) is 5.32 Å². The topological polar surface area (TPSA) is 72.2 Å². The number of anilines is 1. The van der Waals surface area contributed by atoms with Gasteiger partial charge in [-0.05, 0) is 31.4 Å². The third-order valence-corrected chi connectivity index (χ3v) is 4.03. The fourth-order valence-electron chi connectivity index (χ4n) is 2.54. The van der Waals surface area contributed by atoms with Crippen LogP contribution >= 0.6 is 11.6 Å². The largest absolute Gasteiger partial charge is 0.326 e. The second-order valence-corrected chi connectivity index (χ2v) is 5.61. The summed E-state index contributed by atoms with van der Waals surface area (Å²) >= 11 is 5.87. The molecule has 1 saturated carbocycles. The van der Waals surface area contributed by atoms with Crippen LogP contribution in [0.2, 0.25) is 5.02 Å². The van der Waals surface area contributed by atoms with Crippen molar-refractivity contribution in [2.24, 2.45) is 5.92 Å². The van der Waals surface area contributed by atoms with Gasteiger partial charge >= 0.3 is 0 Å². The number of nitro groups is 1. The van der Waals surface area contributed by atoms with Crippen LogP contribution in [0.3, 0.4) is 0 Å². The summed E-state index contributed by atoms with van der Waals surface area (Å²) < 4.78 is 0. The summed E-state index contributed by atoms with van der Waals surface area (Å²) in [5.74, 6) is 0.0230. The molecule has 0 spiro atoms. The van der Waals surface area contributed by atoms with Gasteiger partial charge in [0.25, 0.3) is 5.69 Å². The fourth-order valence-corrected chi connectivity index (χ4v) is 2.77. The third-order valence-electron chi connectivity index (χ3n) is 3.72. The van der Waals surface area contributed by atoms with Crippen molar-refractivity contribution in [2.75, 3.05) is 5.32 Å². The Morgan fingerprint density at radius 3 is 2.60 bits per heavy atom. The zero-order chi connectivity index (χ0) is 14.7. The van der Waals surface area contributed by atoms with Crippen molar-refractivity contribution in [1.82, 2.24) is 0 Å². The molecular weight excluding hydrogens is 280 g/mol. The Kier molecular flexibility index (Phi) is 4.60. The number of amides is 1. The van der Waals surface area contributed by atoms with Gasteiger partial charge in [-0.1, -0.05) is 30.9 Å². The molecule has 0 aromatic heterocycles. The highest BCUT2D eigenvalue weighted by Gasteiger charge is 2.22. The van der Waals surface area contributed by atoms with Crippen molar-refractivity contribution in [1.29, 1.82) is 0 Å². The summed E-state index contributed by atoms with van der Waals surface area (Å²) in [6.07, 6.45) is 5.17. The molecule has 1 aliphatic rings. The molecule has 1 aromatic carbocycles. The van der Waals surface area contributed by atoms with Crippen molar-refractivity contribution in [3.8, 4) is 0 Å². The number of carbonyl (C=O) groups excluding carboxylic acids is 1. The van der Waals surface area contributed by atoms with Crippen LogP contribution in [0, 0.1) is 23.0 Å². The summed E-state index contributed by atoms with van der Waals surface area (Å²) in [6.45, 7) is 1.72. The summed E-state index contributed by atoms with van der Waals surface area (Å²) in [5.41, 5.74) is 1.06. The smallest absolute Gasteiger partial charge is 0.288 e. The molecular formula is C14H17ClN2O3. The molecule has 5 nitrogen and oxygen atoms in total. The number of nitrogens with zero attached hydrogens (tertiary/aromatic N) is 1. The molecule has 1 aliphatic carbocycles. The molecule has 1 amide bonds. The minimum atomic E-state index is -0.526. The highest BCUT2D eigenvalue weighted by molar-refractivity contribution is 6.33. The Morgan fingerprint density at radius 2 is 2.00 bits per heavy atom. The molecule has 0 aliphatic heterocycles. The first-order valence-electron chi connectivity index (χ1n) is 6.74. The Hall–Kier alpha value is -1.62. The molecule has 6 heteroatoms. The Balaban J connectivity index is 2.15. The highest BCUT2D eigenvalue weighted by atomic mass is 35.5. The third kappa shape index (κ3) is 3.28. The van der Waals surface area contributed by atoms with Gasteiger partial charge in [0.2, 0.25) is 5.91 Å². The first kappa shape index (κ1) is 14.8. The second kappa shape index (κ2) is 6.22. The average Bonchev–Trinajstić information content (AvgIpc) is 2.43. The lowest BCUT2D eigenvalue weighted by Gasteiger charge is -2.21. The van der Waals surface area contributed by atoms with Crippen molar-refractivity contribution in [3.05, 3.63) is 32.8 Å². The quantitative estimate of drug-likeness (QED) is 0.675. The molecule has 0 atom stereocenters. The van der Waals surface area contributed by atoms with E-state index in [9.17, 15) is 14.9 Å². The SMILES string of the molecule is Cc1cc([N+](=O)[O-])c(Cl)cc1NC(=O)C1CCCCC1. The lowest BCUT2D eigenvalue weighted by Crippen LogP contribution is -2.25. The summed E-state index contributed by atoms with van der Waals surface area (Å²) in [4.78, 5) is 22.4. The van der Waals surface area contributed by atoms with Crippen molar-refractivity contribution >= 4 is 28.9 Å². The highest BCUT2D eigenvalue weighted by Crippen LogP contribution is 2.31. The number of carbonyl (C=O) groups is 1. The van der Waals surface area contributed by atoms with Gasteiger partial charge in [-0.3, -0.25) is 14.9 Å². The zero-order valence-corrected chi connectivity index (χ0v) is 12.1. The number of aryl methyl sites for hydroxylation is 1. The van der Waals surface area contributed by atoms with Crippen LogP contribution in [-0.2, 0) is 4.79 Å². The van der Waals surface area contributed by atoms with Crippen LogP contribution < -0.4 is 5.32 Å². The number of nitro benzene ring substituents is 1. The van der Waals surface area contributed by atoms with E-state index in [1.807, 2.05) is 0 Å². The van der Waals surface area contributed by atoms with E-state index in [1.165, 1.54) is 18.6 Å². The lowest BCUT2D eigenvalue weighted by molar-refractivity contribution is -0.384. The van der Waals surface area contributed by atoms with Gasteiger partial charge in [0, 0.05) is 17.7 Å². The molecule has 2 rings (SSSR count). The summed E-state index contributed by atoms with van der Waals surface area (Å²) in [7, 11) is 0. The Bertz CT molecular complexity index is 539. The van der Waals surface area contributed by atoms with Gasteiger partial charge in [-0.2, -0.15) is 0 Å². The van der Waals surface area contributed by atoms with Crippen LogP contribution in [0.15, 0.2) is 12.1 Å². The predicted molar refractivity (Wildman–Crippen MR) is 78.0 cm³/mol. The van der Waals surface area contributed by atoms with E-state index in [1.54, 1.807) is 6.92 Å². The molecule has 1 fully saturated rings. The zero-order valence-electron chi connectivity index (χ0n) is 11.3. The Morgan fingerprint density at radius 1 is 1.35 bits per heavy atom. The molecule has 0 heterocycles. The van der Waals surface area contributed by atoms with Crippen LogP contribution in [0.5, 0.6) is 0 Å². The van der Waals surface area contributed by atoms with Gasteiger partial charge in [0.1, 0.15) is 5.02 Å². The number of hydrogen-bond acceptors (Lipinski definition) is 3. The monoisotopic (exact) mass is 296 g/mol. The molecule has 20 heavy (non-hydrogen) atoms. The Labute approximate surface area is 122 Å². The number of nitrogens with one attached hydrogen (secondary N) is 1. The van der Waals surface area contributed by atoms with Crippen LogP contribution in [-0.4, -0.2) is 10.8 Å². The van der Waals surface area contributed by atoms with Gasteiger partial charge in [-0.25, -0.2) is 0 Å². The van der Waals surface area contributed by atoms with Gasteiger partial charge in [0.05, 0.1) is 4.92 Å². The van der Waals surface area contributed by atoms with E-state index in [-0.39, 0.29) is 22.5 Å². The molecule has 0 bridgehead atoms. The minimum absolute atomic E-state index is 0.0160. The van der Waals surface area contributed by atoms with Crippen LogP contribution in [0.4, 0.5) is 11.4 Å². The maximum absolute atomic E-state index is 12.2. The van der Waals surface area contributed by atoms with Crippen LogP contribution in [0.25, 0.3) is 0 Å². The van der Waals surface area contributed by atoms with E-state index in [0.29, 0.717) is 11.3 Å². The van der Waals surface area contributed by atoms with E-state index in [4.69, 9.17) is 11.6 Å². The number of rotatable bonds is 3. The first-order chi connectivity index (χ1) is 9.49. The second-order valence-electron chi connectivity index (χ2n) is 5.20. The summed E-state index contributed by atoms with van der Waals surface area (Å²) in [6, 6.07) is 2.84. The van der Waals surface area contributed by atoms with Gasteiger partial charge in [0.15, 0.2) is 0 Å². The molecule has 0 unspecified atom stereocenters. The first-order valence-corrected chi connectivity index (χ1v) is 7.12. The molecule has 1 N–H and O–H groups in total. The maximum atomic E-state index is 12.2. The molecule has 1 aromatic rings. The summed E-state index contributed by atoms with van der Waals surface area (Å²) in [5, 5.41) is 13.7. The predicted octanol–water partition coefficient (Wildman–Crippen LogP) is 4.08. The van der Waals surface area contributed by atoms with E-state index >= 15 is 0 Å². The average molecular weight is 297 g/mol. The molecule has 0 saturated heterocycles. The normalized spacial score (nSPS) is 15.9. The van der Waals surface area contributed by atoms with E-state index in [0.717, 1.165) is 25.7 Å². The van der Waals surface area contributed by atoms with Gasteiger partial charge < -0.3 is 5.32 Å². The fraction of sp³-hybridized carbons (Fsp3) is 0.500. The van der Waals surface area contributed by atoms with Gasteiger partial charge in [-0.15, -0.1) is 0 Å². The van der Waals surface area contributed by atoms with E-state index < -0.39 is 4.92 Å². The van der Waals surface area contributed by atoms with Crippen molar-refractivity contribution < 1.29 is 9.72 Å². The van der Waals surface area contributed by atoms with Crippen LogP contribution in [0.1, 0.15) is 37.7 Å². The van der Waals surface area contributed by atoms with Crippen molar-refractivity contribution in [2.45, 2.75) is 39.0 Å².